The third-order valence-corrected chi connectivity index (χ3v) is 4.89. The Balaban J connectivity index is 2.36. The van der Waals surface area contributed by atoms with Gasteiger partial charge in [0.1, 0.15) is 16.5 Å². The summed E-state index contributed by atoms with van der Waals surface area (Å²) in [5.41, 5.74) is 0.702. The highest BCUT2D eigenvalue weighted by molar-refractivity contribution is 9.10. The first-order valence-electron chi connectivity index (χ1n) is 6.29. The zero-order valence-corrected chi connectivity index (χ0v) is 14.0. The molecule has 0 atom stereocenters. The van der Waals surface area contributed by atoms with Gasteiger partial charge in [-0.3, -0.25) is 4.72 Å². The molecule has 0 unspecified atom stereocenters. The maximum Gasteiger partial charge on any atom is 0.266 e. The lowest BCUT2D eigenvalue weighted by Crippen LogP contribution is -2.17. The third kappa shape index (κ3) is 3.70. The van der Waals surface area contributed by atoms with Crippen LogP contribution in [0.15, 0.2) is 39.8 Å². The highest BCUT2D eigenvalue weighted by Crippen LogP contribution is 2.22. The van der Waals surface area contributed by atoms with Crippen molar-refractivity contribution in [3.63, 3.8) is 0 Å². The molecule has 0 aliphatic carbocycles. The molecule has 8 heteroatoms. The van der Waals surface area contributed by atoms with E-state index in [0.29, 0.717) is 18.1 Å². The Morgan fingerprint density at radius 3 is 2.71 bits per heavy atom. The molecule has 112 valence electrons. The summed E-state index contributed by atoms with van der Waals surface area (Å²) in [4.78, 5) is 8.32. The Morgan fingerprint density at radius 2 is 2.05 bits per heavy atom. The molecule has 0 radical (unpaired) electrons. The molecule has 0 fully saturated rings. The van der Waals surface area contributed by atoms with Crippen molar-refractivity contribution in [2.45, 2.75) is 18.7 Å². The number of aromatic nitrogens is 2. The van der Waals surface area contributed by atoms with Gasteiger partial charge >= 0.3 is 0 Å². The van der Waals surface area contributed by atoms with Gasteiger partial charge in [0, 0.05) is 17.2 Å². The molecule has 0 aliphatic heterocycles. The largest absolute Gasteiger partial charge is 0.369 e. The van der Waals surface area contributed by atoms with Crippen LogP contribution in [0.1, 0.15) is 12.6 Å². The first-order chi connectivity index (χ1) is 9.94. The van der Waals surface area contributed by atoms with Gasteiger partial charge in [0.15, 0.2) is 0 Å². The smallest absolute Gasteiger partial charge is 0.266 e. The van der Waals surface area contributed by atoms with E-state index < -0.39 is 10.0 Å². The number of nitrogens with one attached hydrogen (secondary N) is 2. The molecule has 21 heavy (non-hydrogen) atoms. The highest BCUT2D eigenvalue weighted by Gasteiger charge is 2.19. The average molecular weight is 371 g/mol. The van der Waals surface area contributed by atoms with E-state index in [2.05, 4.69) is 35.9 Å². The van der Waals surface area contributed by atoms with E-state index in [1.807, 2.05) is 6.92 Å². The molecular formula is C13H15BrN4O2S. The molecule has 0 saturated heterocycles. The Kier molecular flexibility index (Phi) is 4.79. The molecule has 2 aromatic rings. The van der Waals surface area contributed by atoms with Crippen molar-refractivity contribution in [3.05, 3.63) is 40.6 Å². The number of anilines is 2. The first kappa shape index (κ1) is 15.7. The maximum atomic E-state index is 12.5. The summed E-state index contributed by atoms with van der Waals surface area (Å²) in [6.07, 6.45) is 1.54. The summed E-state index contributed by atoms with van der Waals surface area (Å²) in [6, 6.07) is 6.42. The van der Waals surface area contributed by atoms with Gasteiger partial charge in [-0.15, -0.1) is 0 Å². The summed E-state index contributed by atoms with van der Waals surface area (Å²) >= 11 is 3.33. The van der Waals surface area contributed by atoms with E-state index in [1.165, 1.54) is 6.07 Å². The number of pyridine rings is 2. The van der Waals surface area contributed by atoms with Crippen LogP contribution in [0.2, 0.25) is 0 Å². The standard InChI is InChI=1S/C13H15BrN4O2S/c1-3-15-13-11(5-4-8-16-13)21(19,20)18-12-7-6-10(14)9(2)17-12/h4-8H,3H2,1-2H3,(H,15,16)(H,17,18). The topological polar surface area (TPSA) is 84.0 Å². The summed E-state index contributed by atoms with van der Waals surface area (Å²) in [5.74, 6) is 0.586. The van der Waals surface area contributed by atoms with Crippen LogP contribution in [0.5, 0.6) is 0 Å². The molecule has 6 nitrogen and oxygen atoms in total. The van der Waals surface area contributed by atoms with E-state index in [-0.39, 0.29) is 10.7 Å². The van der Waals surface area contributed by atoms with Crippen LogP contribution in [0.3, 0.4) is 0 Å². The van der Waals surface area contributed by atoms with Crippen molar-refractivity contribution in [3.8, 4) is 0 Å². The predicted molar refractivity (Wildman–Crippen MR) is 85.9 cm³/mol. The van der Waals surface area contributed by atoms with Crippen LogP contribution in [0.25, 0.3) is 0 Å². The normalized spacial score (nSPS) is 11.2. The number of aryl methyl sites for hydroxylation is 1. The van der Waals surface area contributed by atoms with Crippen molar-refractivity contribution in [2.24, 2.45) is 0 Å². The number of sulfonamides is 1. The minimum absolute atomic E-state index is 0.0919. The Morgan fingerprint density at radius 1 is 1.29 bits per heavy atom. The molecule has 0 amide bonds. The van der Waals surface area contributed by atoms with Crippen molar-refractivity contribution in [2.75, 3.05) is 16.6 Å². The summed E-state index contributed by atoms with van der Waals surface area (Å²) in [7, 11) is -3.75. The quantitative estimate of drug-likeness (QED) is 0.845. The van der Waals surface area contributed by atoms with Gasteiger partial charge in [0.25, 0.3) is 10.0 Å². The summed E-state index contributed by atoms with van der Waals surface area (Å²) in [5, 5.41) is 2.93. The lowest BCUT2D eigenvalue weighted by Gasteiger charge is -2.12. The zero-order valence-electron chi connectivity index (χ0n) is 11.6. The third-order valence-electron chi connectivity index (χ3n) is 2.66. The average Bonchev–Trinajstić information content (AvgIpc) is 2.43. The van der Waals surface area contributed by atoms with Gasteiger partial charge < -0.3 is 5.32 Å². The van der Waals surface area contributed by atoms with Gasteiger partial charge in [0.2, 0.25) is 0 Å². The minimum atomic E-state index is -3.75. The lowest BCUT2D eigenvalue weighted by molar-refractivity contribution is 0.601. The highest BCUT2D eigenvalue weighted by atomic mass is 79.9. The van der Waals surface area contributed by atoms with E-state index in [4.69, 9.17) is 0 Å². The van der Waals surface area contributed by atoms with Gasteiger partial charge in [-0.2, -0.15) is 0 Å². The molecule has 2 heterocycles. The summed E-state index contributed by atoms with van der Waals surface area (Å²) in [6.45, 7) is 4.24. The fraction of sp³-hybridized carbons (Fsp3) is 0.231. The summed E-state index contributed by atoms with van der Waals surface area (Å²) < 4.78 is 28.2. The second-order valence-electron chi connectivity index (χ2n) is 4.25. The van der Waals surface area contributed by atoms with Crippen molar-refractivity contribution < 1.29 is 8.42 Å². The van der Waals surface area contributed by atoms with Gasteiger partial charge in [-0.25, -0.2) is 18.4 Å². The molecule has 0 spiro atoms. The molecule has 2 N–H and O–H groups in total. The van der Waals surface area contributed by atoms with Crippen LogP contribution in [-0.2, 0) is 10.0 Å². The molecule has 0 bridgehead atoms. The first-order valence-corrected chi connectivity index (χ1v) is 8.56. The predicted octanol–water partition coefficient (Wildman–Crippen LogP) is 2.78. The van der Waals surface area contributed by atoms with E-state index in [1.54, 1.807) is 31.3 Å². The van der Waals surface area contributed by atoms with Crippen LogP contribution >= 0.6 is 15.9 Å². The number of rotatable bonds is 5. The second-order valence-corrected chi connectivity index (χ2v) is 6.75. The fourth-order valence-electron chi connectivity index (χ4n) is 1.70. The molecular weight excluding hydrogens is 356 g/mol. The maximum absolute atomic E-state index is 12.5. The zero-order chi connectivity index (χ0) is 15.5. The van der Waals surface area contributed by atoms with Crippen LogP contribution in [0, 0.1) is 6.92 Å². The van der Waals surface area contributed by atoms with Gasteiger partial charge in [-0.1, -0.05) is 0 Å². The van der Waals surface area contributed by atoms with Crippen molar-refractivity contribution in [1.29, 1.82) is 0 Å². The number of hydrogen-bond donors (Lipinski definition) is 2. The van der Waals surface area contributed by atoms with Crippen molar-refractivity contribution in [1.82, 2.24) is 9.97 Å². The van der Waals surface area contributed by atoms with Gasteiger partial charge in [-0.05, 0) is 54.0 Å². The molecule has 2 rings (SSSR count). The fourth-order valence-corrected chi connectivity index (χ4v) is 3.06. The van der Waals surface area contributed by atoms with E-state index in [0.717, 1.165) is 4.47 Å². The number of nitrogens with zero attached hydrogens (tertiary/aromatic N) is 2. The monoisotopic (exact) mass is 370 g/mol. The molecule has 0 aliphatic rings. The Hall–Kier alpha value is -1.67. The van der Waals surface area contributed by atoms with Gasteiger partial charge in [0.05, 0.1) is 5.69 Å². The van der Waals surface area contributed by atoms with E-state index in [9.17, 15) is 8.42 Å². The van der Waals surface area contributed by atoms with E-state index >= 15 is 0 Å². The number of hydrogen-bond acceptors (Lipinski definition) is 5. The van der Waals surface area contributed by atoms with Crippen LogP contribution in [-0.4, -0.2) is 24.9 Å². The minimum Gasteiger partial charge on any atom is -0.369 e. The van der Waals surface area contributed by atoms with Crippen molar-refractivity contribution >= 4 is 37.6 Å². The number of halogens is 1. The molecule has 0 saturated carbocycles. The molecule has 2 aromatic heterocycles. The SMILES string of the molecule is CCNc1ncccc1S(=O)(=O)Nc1ccc(Br)c(C)n1. The lowest BCUT2D eigenvalue weighted by atomic mass is 10.4. The Bertz CT molecular complexity index is 750. The second kappa shape index (κ2) is 6.40. The van der Waals surface area contributed by atoms with Crippen LogP contribution in [0.4, 0.5) is 11.6 Å². The Labute approximate surface area is 132 Å². The van der Waals surface area contributed by atoms with Crippen LogP contribution < -0.4 is 10.0 Å². The molecule has 0 aromatic carbocycles.